The van der Waals surface area contributed by atoms with E-state index in [0.29, 0.717) is 28.6 Å². The maximum Gasteiger partial charge on any atom is 0.165 e. The summed E-state index contributed by atoms with van der Waals surface area (Å²) in [6.45, 7) is 0. The highest BCUT2D eigenvalue weighted by Crippen LogP contribution is 2.42. The van der Waals surface area contributed by atoms with E-state index in [4.69, 9.17) is 23.8 Å². The topological polar surface area (TPSA) is 88.7 Å². The van der Waals surface area contributed by atoms with Crippen LogP contribution < -0.4 is 0 Å². The Kier molecular flexibility index (Phi) is 6.76. The van der Waals surface area contributed by atoms with Gasteiger partial charge in [-0.1, -0.05) is 115 Å². The molecule has 0 saturated carbocycles. The Morgan fingerprint density at radius 2 is 0.846 bits per heavy atom. The van der Waals surface area contributed by atoms with Gasteiger partial charge in [-0.05, 0) is 53.6 Å². The second-order valence-electron chi connectivity index (χ2n) is 12.7. The summed E-state index contributed by atoms with van der Waals surface area (Å²) in [5.41, 5.74) is 9.79. The second-order valence-corrected chi connectivity index (χ2v) is 12.7. The van der Waals surface area contributed by atoms with E-state index in [1.54, 1.807) is 6.07 Å². The van der Waals surface area contributed by atoms with Crippen molar-refractivity contribution in [2.75, 3.05) is 0 Å². The lowest BCUT2D eigenvalue weighted by atomic mass is 9.94. The number of hydrogen-bond donors (Lipinski definition) is 0. The van der Waals surface area contributed by atoms with Crippen molar-refractivity contribution >= 4 is 43.9 Å². The molecular weight excluding hydrogens is 641 g/mol. The third-order valence-electron chi connectivity index (χ3n) is 9.58. The Morgan fingerprint density at radius 1 is 0.385 bits per heavy atom. The predicted molar refractivity (Wildman–Crippen MR) is 206 cm³/mol. The second kappa shape index (κ2) is 11.9. The average Bonchev–Trinajstić information content (AvgIpc) is 3.79. The first-order chi connectivity index (χ1) is 25.7. The van der Waals surface area contributed by atoms with E-state index in [0.717, 1.165) is 77.3 Å². The monoisotopic (exact) mass is 666 g/mol. The van der Waals surface area contributed by atoms with Gasteiger partial charge < -0.3 is 8.83 Å². The molecule has 0 radical (unpaired) electrons. The van der Waals surface area contributed by atoms with Crippen molar-refractivity contribution in [1.29, 1.82) is 5.26 Å². The molecule has 10 rings (SSSR count). The highest BCUT2D eigenvalue weighted by Gasteiger charge is 2.20. The van der Waals surface area contributed by atoms with Crippen LogP contribution in [0, 0.1) is 11.3 Å². The van der Waals surface area contributed by atoms with Gasteiger partial charge in [-0.2, -0.15) is 5.26 Å². The Balaban J connectivity index is 1.27. The first-order valence-electron chi connectivity index (χ1n) is 17.0. The number of nitriles is 1. The molecule has 7 aromatic carbocycles. The maximum atomic E-state index is 10.0. The summed E-state index contributed by atoms with van der Waals surface area (Å²) in [6, 6.07) is 54.7. The molecule has 3 heterocycles. The molecule has 0 unspecified atom stereocenters. The van der Waals surface area contributed by atoms with Gasteiger partial charge in [0.25, 0.3) is 0 Å². The molecule has 6 heteroatoms. The first kappa shape index (κ1) is 29.5. The number of hydrogen-bond acceptors (Lipinski definition) is 6. The van der Waals surface area contributed by atoms with Gasteiger partial charge in [-0.3, -0.25) is 0 Å². The van der Waals surface area contributed by atoms with Gasteiger partial charge in [-0.25, -0.2) is 15.0 Å². The molecule has 242 valence electrons. The van der Waals surface area contributed by atoms with Crippen LogP contribution in [0.15, 0.2) is 167 Å². The van der Waals surface area contributed by atoms with Crippen LogP contribution in [0.5, 0.6) is 0 Å². The molecule has 0 saturated heterocycles. The molecule has 0 atom stereocenters. The van der Waals surface area contributed by atoms with Crippen molar-refractivity contribution < 1.29 is 8.83 Å². The summed E-state index contributed by atoms with van der Waals surface area (Å²) in [5, 5.41) is 14.2. The lowest BCUT2D eigenvalue weighted by Crippen LogP contribution is -2.01. The van der Waals surface area contributed by atoms with E-state index in [-0.39, 0.29) is 0 Å². The molecule has 52 heavy (non-hydrogen) atoms. The number of benzene rings is 7. The summed E-state index contributed by atoms with van der Waals surface area (Å²) in [4.78, 5) is 15.0. The van der Waals surface area contributed by atoms with Crippen LogP contribution in [0.1, 0.15) is 5.56 Å². The number of para-hydroxylation sites is 4. The Morgan fingerprint density at radius 3 is 1.46 bits per heavy atom. The van der Waals surface area contributed by atoms with Crippen molar-refractivity contribution in [3.8, 4) is 62.5 Å². The molecule has 3 aromatic heterocycles. The molecule has 0 N–H and O–H groups in total. The Hall–Kier alpha value is -7.36. The summed E-state index contributed by atoms with van der Waals surface area (Å²) in [5.74, 6) is 1.42. The van der Waals surface area contributed by atoms with E-state index in [1.165, 1.54) is 0 Å². The number of fused-ring (bicyclic) bond motifs is 6. The van der Waals surface area contributed by atoms with Crippen molar-refractivity contribution in [2.24, 2.45) is 0 Å². The fourth-order valence-corrected chi connectivity index (χ4v) is 7.13. The zero-order chi connectivity index (χ0) is 34.6. The van der Waals surface area contributed by atoms with Gasteiger partial charge in [0.15, 0.2) is 17.5 Å². The average molecular weight is 667 g/mol. The van der Waals surface area contributed by atoms with E-state index in [2.05, 4.69) is 72.8 Å². The van der Waals surface area contributed by atoms with E-state index >= 15 is 0 Å². The SMILES string of the molecule is N#Cc1ccccc1-c1nc(-c2ccccc2)nc(-c2cc(-c3cccc4c3oc3ccccc34)cc(-c3cccc4c3oc3ccccc34)c2)n1. The van der Waals surface area contributed by atoms with Gasteiger partial charge in [0.05, 0.1) is 11.6 Å². The first-order valence-corrected chi connectivity index (χ1v) is 17.0. The van der Waals surface area contributed by atoms with E-state index in [1.807, 2.05) is 84.9 Å². The van der Waals surface area contributed by atoms with Crippen LogP contribution >= 0.6 is 0 Å². The lowest BCUT2D eigenvalue weighted by Gasteiger charge is -2.13. The molecule has 0 aliphatic carbocycles. The van der Waals surface area contributed by atoms with Gasteiger partial charge >= 0.3 is 0 Å². The van der Waals surface area contributed by atoms with Gasteiger partial charge in [0, 0.05) is 49.4 Å². The Labute approximate surface area is 297 Å². The van der Waals surface area contributed by atoms with Crippen molar-refractivity contribution in [2.45, 2.75) is 0 Å². The van der Waals surface area contributed by atoms with E-state index in [9.17, 15) is 5.26 Å². The normalized spacial score (nSPS) is 11.4. The van der Waals surface area contributed by atoms with Crippen LogP contribution in [0.3, 0.4) is 0 Å². The molecule has 0 bridgehead atoms. The highest BCUT2D eigenvalue weighted by atomic mass is 16.3. The number of rotatable bonds is 5. The van der Waals surface area contributed by atoms with Gasteiger partial charge in [0.1, 0.15) is 22.3 Å². The third kappa shape index (κ3) is 4.84. The maximum absolute atomic E-state index is 10.0. The minimum Gasteiger partial charge on any atom is -0.455 e. The third-order valence-corrected chi connectivity index (χ3v) is 9.58. The molecule has 0 aliphatic rings. The molecule has 0 spiro atoms. The molecule has 0 amide bonds. The van der Waals surface area contributed by atoms with Crippen LogP contribution in [0.25, 0.3) is 100 Å². The van der Waals surface area contributed by atoms with Crippen LogP contribution in [0.2, 0.25) is 0 Å². The van der Waals surface area contributed by atoms with E-state index < -0.39 is 0 Å². The van der Waals surface area contributed by atoms with Crippen molar-refractivity contribution in [1.82, 2.24) is 15.0 Å². The largest absolute Gasteiger partial charge is 0.455 e. The van der Waals surface area contributed by atoms with Gasteiger partial charge in [0.2, 0.25) is 0 Å². The zero-order valence-electron chi connectivity index (χ0n) is 27.6. The fourth-order valence-electron chi connectivity index (χ4n) is 7.13. The quantitative estimate of drug-likeness (QED) is 0.182. The summed E-state index contributed by atoms with van der Waals surface area (Å²) in [6.07, 6.45) is 0. The summed E-state index contributed by atoms with van der Waals surface area (Å²) >= 11 is 0. The minimum absolute atomic E-state index is 0.423. The van der Waals surface area contributed by atoms with Gasteiger partial charge in [-0.15, -0.1) is 0 Å². The molecule has 0 fully saturated rings. The van der Waals surface area contributed by atoms with Crippen molar-refractivity contribution in [3.63, 3.8) is 0 Å². The molecule has 6 nitrogen and oxygen atoms in total. The smallest absolute Gasteiger partial charge is 0.165 e. The van der Waals surface area contributed by atoms with Crippen LogP contribution in [-0.2, 0) is 0 Å². The number of nitrogens with zero attached hydrogens (tertiary/aromatic N) is 4. The fraction of sp³-hybridized carbons (Fsp3) is 0. The molecular formula is C46H26N4O2. The molecule has 0 aliphatic heterocycles. The highest BCUT2D eigenvalue weighted by molar-refractivity contribution is 6.11. The minimum atomic E-state index is 0.423. The predicted octanol–water partition coefficient (Wildman–Crippen LogP) is 11.9. The summed E-state index contributed by atoms with van der Waals surface area (Å²) in [7, 11) is 0. The zero-order valence-corrected chi connectivity index (χ0v) is 27.6. The Bertz CT molecular complexity index is 2910. The number of aromatic nitrogens is 3. The standard InChI is InChI=1S/C46H26N4O2/c47-27-29-14-4-5-15-35(29)46-49-44(28-12-2-1-3-13-28)48-45(50-46)32-25-30(33-18-10-20-38-36-16-6-8-22-40(36)51-42(33)38)24-31(26-32)34-19-11-21-39-37-17-7-9-23-41(37)52-43(34)39/h1-26H. The molecule has 10 aromatic rings. The van der Waals surface area contributed by atoms with Crippen LogP contribution in [0.4, 0.5) is 0 Å². The number of furan rings is 2. The summed E-state index contributed by atoms with van der Waals surface area (Å²) < 4.78 is 13.1. The lowest BCUT2D eigenvalue weighted by molar-refractivity contribution is 0.670. The van der Waals surface area contributed by atoms with Crippen LogP contribution in [-0.4, -0.2) is 15.0 Å². The van der Waals surface area contributed by atoms with Crippen molar-refractivity contribution in [3.05, 3.63) is 163 Å².